The van der Waals surface area contributed by atoms with E-state index in [1.165, 1.54) is 10.5 Å². The van der Waals surface area contributed by atoms with Crippen molar-refractivity contribution in [1.29, 1.82) is 0 Å². The van der Waals surface area contributed by atoms with Crippen LogP contribution in [0.5, 0.6) is 0 Å². The first-order chi connectivity index (χ1) is 9.02. The van der Waals surface area contributed by atoms with Crippen LogP contribution in [0, 0.1) is 13.8 Å². The molecule has 0 saturated carbocycles. The number of benzene rings is 1. The fourth-order valence-electron chi connectivity index (χ4n) is 1.93. The first-order valence-corrected chi connectivity index (χ1v) is 7.60. The first kappa shape index (κ1) is 14.3. The van der Waals surface area contributed by atoms with Crippen molar-refractivity contribution >= 4 is 29.1 Å². The maximum atomic E-state index is 6.31. The van der Waals surface area contributed by atoms with Crippen LogP contribution in [0.2, 0.25) is 5.02 Å². The quantitative estimate of drug-likeness (QED) is 0.683. The number of nitrogen functional groups attached to an aromatic ring is 1. The molecule has 0 saturated heterocycles. The first-order valence-electron chi connectivity index (χ1n) is 6.23. The van der Waals surface area contributed by atoms with Crippen LogP contribution in [0.1, 0.15) is 23.9 Å². The molecule has 0 spiro atoms. The van der Waals surface area contributed by atoms with Crippen LogP contribution in [0.3, 0.4) is 0 Å². The van der Waals surface area contributed by atoms with E-state index in [1.54, 1.807) is 11.8 Å². The highest BCUT2D eigenvalue weighted by Gasteiger charge is 2.13. The lowest BCUT2D eigenvalue weighted by atomic mass is 10.2. The maximum absolute atomic E-state index is 6.31. The van der Waals surface area contributed by atoms with Gasteiger partial charge in [-0.1, -0.05) is 17.7 Å². The van der Waals surface area contributed by atoms with Crippen molar-refractivity contribution in [2.24, 2.45) is 0 Å². The summed E-state index contributed by atoms with van der Waals surface area (Å²) in [6, 6.07) is 5.97. The molecule has 2 N–H and O–H groups in total. The van der Waals surface area contributed by atoms with E-state index in [1.807, 2.05) is 29.8 Å². The third-order valence-corrected chi connectivity index (χ3v) is 4.69. The number of rotatable bonds is 4. The number of halogens is 1. The van der Waals surface area contributed by atoms with Crippen LogP contribution >= 0.6 is 23.4 Å². The predicted octanol–water partition coefficient (Wildman–Crippen LogP) is 4.05. The van der Waals surface area contributed by atoms with Crippen molar-refractivity contribution in [1.82, 2.24) is 9.78 Å². The molecule has 102 valence electrons. The summed E-state index contributed by atoms with van der Waals surface area (Å²) in [6.45, 7) is 6.93. The standard InChI is InChI=1S/C14H18ClN3S/c1-4-18-12(14(15)10(3)17-18)8-19-13-7-11(16)6-5-9(13)2/h5-7H,4,8,16H2,1-3H3. The molecule has 0 atom stereocenters. The molecule has 5 heteroatoms. The van der Waals surface area contributed by atoms with Gasteiger partial charge in [-0.05, 0) is 38.5 Å². The summed E-state index contributed by atoms with van der Waals surface area (Å²) >= 11 is 8.05. The molecule has 0 unspecified atom stereocenters. The van der Waals surface area contributed by atoms with Gasteiger partial charge in [0.15, 0.2) is 0 Å². The van der Waals surface area contributed by atoms with Crippen molar-refractivity contribution in [3.05, 3.63) is 40.2 Å². The van der Waals surface area contributed by atoms with Gasteiger partial charge in [-0.25, -0.2) is 0 Å². The van der Waals surface area contributed by atoms with Crippen LogP contribution in [-0.4, -0.2) is 9.78 Å². The molecule has 0 aliphatic carbocycles. The average Bonchev–Trinajstić information content (AvgIpc) is 2.66. The third-order valence-electron chi connectivity index (χ3n) is 3.03. The SMILES string of the molecule is CCn1nc(C)c(Cl)c1CSc1cc(N)ccc1C. The number of nitrogens with zero attached hydrogens (tertiary/aromatic N) is 2. The Hall–Kier alpha value is -1.13. The number of aromatic nitrogens is 2. The van der Waals surface area contributed by atoms with Crippen LogP contribution in [0.4, 0.5) is 5.69 Å². The number of thioether (sulfide) groups is 1. The molecule has 19 heavy (non-hydrogen) atoms. The third kappa shape index (κ3) is 3.07. The zero-order chi connectivity index (χ0) is 14.0. The van der Waals surface area contributed by atoms with Crippen LogP contribution in [-0.2, 0) is 12.3 Å². The minimum Gasteiger partial charge on any atom is -0.399 e. The Bertz CT molecular complexity index is 593. The van der Waals surface area contributed by atoms with Crippen molar-refractivity contribution < 1.29 is 0 Å². The van der Waals surface area contributed by atoms with Gasteiger partial charge in [0.05, 0.1) is 16.4 Å². The minimum absolute atomic E-state index is 0.774. The molecule has 1 aromatic heterocycles. The lowest BCUT2D eigenvalue weighted by molar-refractivity contribution is 0.632. The summed E-state index contributed by atoms with van der Waals surface area (Å²) in [5.41, 5.74) is 9.82. The van der Waals surface area contributed by atoms with Gasteiger partial charge < -0.3 is 5.73 Å². The summed E-state index contributed by atoms with van der Waals surface area (Å²) in [6.07, 6.45) is 0. The molecule has 1 aromatic carbocycles. The molecule has 0 radical (unpaired) electrons. The van der Waals surface area contributed by atoms with Crippen LogP contribution in [0.25, 0.3) is 0 Å². The summed E-state index contributed by atoms with van der Waals surface area (Å²) < 4.78 is 1.96. The van der Waals surface area contributed by atoms with Crippen LogP contribution < -0.4 is 5.73 Å². The fourth-order valence-corrected chi connectivity index (χ4v) is 3.31. The van der Waals surface area contributed by atoms with Gasteiger partial charge in [0.1, 0.15) is 0 Å². The molecule has 0 aliphatic heterocycles. The molecule has 0 fully saturated rings. The Morgan fingerprint density at radius 1 is 1.37 bits per heavy atom. The van der Waals surface area contributed by atoms with Crippen molar-refractivity contribution in [2.75, 3.05) is 5.73 Å². The number of hydrogen-bond acceptors (Lipinski definition) is 3. The second-order valence-electron chi connectivity index (χ2n) is 4.48. The minimum atomic E-state index is 0.774. The van der Waals surface area contributed by atoms with E-state index in [0.717, 1.165) is 34.4 Å². The van der Waals surface area contributed by atoms with Crippen LogP contribution in [0.15, 0.2) is 23.1 Å². The summed E-state index contributed by atoms with van der Waals surface area (Å²) in [4.78, 5) is 1.19. The number of anilines is 1. The molecular formula is C14H18ClN3S. The van der Waals surface area contributed by atoms with E-state index in [4.69, 9.17) is 17.3 Å². The molecule has 1 heterocycles. The summed E-state index contributed by atoms with van der Waals surface area (Å²) in [7, 11) is 0. The highest BCUT2D eigenvalue weighted by molar-refractivity contribution is 7.98. The number of nitrogens with two attached hydrogens (primary N) is 1. The zero-order valence-corrected chi connectivity index (χ0v) is 13.0. The molecular weight excluding hydrogens is 278 g/mol. The Kier molecular flexibility index (Phi) is 4.42. The van der Waals surface area contributed by atoms with Gasteiger partial charge in [0, 0.05) is 22.9 Å². The molecule has 0 bridgehead atoms. The Balaban J connectivity index is 2.21. The van der Waals surface area contributed by atoms with Crippen molar-refractivity contribution in [3.8, 4) is 0 Å². The Morgan fingerprint density at radius 2 is 2.11 bits per heavy atom. The smallest absolute Gasteiger partial charge is 0.0855 e. The topological polar surface area (TPSA) is 43.8 Å². The van der Waals surface area contributed by atoms with E-state index in [2.05, 4.69) is 18.9 Å². The largest absolute Gasteiger partial charge is 0.399 e. The maximum Gasteiger partial charge on any atom is 0.0855 e. The molecule has 0 aliphatic rings. The predicted molar refractivity (Wildman–Crippen MR) is 82.8 cm³/mol. The van der Waals surface area contributed by atoms with E-state index < -0.39 is 0 Å². The number of hydrogen-bond donors (Lipinski definition) is 1. The van der Waals surface area contributed by atoms with Gasteiger partial charge in [0.25, 0.3) is 0 Å². The number of aryl methyl sites for hydroxylation is 3. The van der Waals surface area contributed by atoms with E-state index in [-0.39, 0.29) is 0 Å². The average molecular weight is 296 g/mol. The second-order valence-corrected chi connectivity index (χ2v) is 5.87. The van der Waals surface area contributed by atoms with E-state index >= 15 is 0 Å². The lowest BCUT2D eigenvalue weighted by Crippen LogP contribution is -2.01. The van der Waals surface area contributed by atoms with Gasteiger partial charge >= 0.3 is 0 Å². The highest BCUT2D eigenvalue weighted by atomic mass is 35.5. The van der Waals surface area contributed by atoms with E-state index in [9.17, 15) is 0 Å². The van der Waals surface area contributed by atoms with E-state index in [0.29, 0.717) is 0 Å². The van der Waals surface area contributed by atoms with Gasteiger partial charge in [-0.2, -0.15) is 5.10 Å². The lowest BCUT2D eigenvalue weighted by Gasteiger charge is -2.08. The second kappa shape index (κ2) is 5.88. The van der Waals surface area contributed by atoms with Crippen molar-refractivity contribution in [2.45, 2.75) is 38.0 Å². The Labute approximate surface area is 123 Å². The highest BCUT2D eigenvalue weighted by Crippen LogP contribution is 2.31. The summed E-state index contributed by atoms with van der Waals surface area (Å²) in [5.74, 6) is 0.803. The van der Waals surface area contributed by atoms with Gasteiger partial charge in [-0.15, -0.1) is 11.8 Å². The monoisotopic (exact) mass is 295 g/mol. The van der Waals surface area contributed by atoms with Gasteiger partial charge in [0.2, 0.25) is 0 Å². The summed E-state index contributed by atoms with van der Waals surface area (Å²) in [5, 5.41) is 5.20. The molecule has 2 rings (SSSR count). The fraction of sp³-hybridized carbons (Fsp3) is 0.357. The normalized spacial score (nSPS) is 10.9. The Morgan fingerprint density at radius 3 is 2.79 bits per heavy atom. The van der Waals surface area contributed by atoms with Gasteiger partial charge in [-0.3, -0.25) is 4.68 Å². The molecule has 2 aromatic rings. The van der Waals surface area contributed by atoms with Crippen molar-refractivity contribution in [3.63, 3.8) is 0 Å². The molecule has 3 nitrogen and oxygen atoms in total. The zero-order valence-electron chi connectivity index (χ0n) is 11.4. The molecule has 0 amide bonds.